The summed E-state index contributed by atoms with van der Waals surface area (Å²) in [5, 5.41) is 5.23. The summed E-state index contributed by atoms with van der Waals surface area (Å²) in [6, 6.07) is -0.600. The summed E-state index contributed by atoms with van der Waals surface area (Å²) < 4.78 is 5.35. The zero-order chi connectivity index (χ0) is 18.5. The van der Waals surface area contributed by atoms with Crippen LogP contribution in [0, 0.1) is 0 Å². The standard InChI is InChI=1S/C14H27N5O3.C2H7N/c15-14(21)13(16-12-20)11-19-5-3-17(4-6-19)1-2-18-7-9-22-10-8-18;1-3-2/h12-13H,1-11H2,(H2,15,21)(H,16,20);3H,1-2H3. The molecule has 9 nitrogen and oxygen atoms in total. The molecule has 4 N–H and O–H groups in total. The molecule has 1 unspecified atom stereocenters. The van der Waals surface area contributed by atoms with Crippen molar-refractivity contribution in [3.63, 3.8) is 0 Å². The predicted molar refractivity (Wildman–Crippen MR) is 97.3 cm³/mol. The molecule has 25 heavy (non-hydrogen) atoms. The first-order chi connectivity index (χ1) is 12.1. The van der Waals surface area contributed by atoms with Crippen LogP contribution in [0.15, 0.2) is 0 Å². The monoisotopic (exact) mass is 358 g/mol. The maximum Gasteiger partial charge on any atom is 0.241 e. The van der Waals surface area contributed by atoms with E-state index >= 15 is 0 Å². The van der Waals surface area contributed by atoms with Gasteiger partial charge < -0.3 is 21.1 Å². The molecule has 2 heterocycles. The highest BCUT2D eigenvalue weighted by Gasteiger charge is 2.23. The Bertz CT molecular complexity index is 371. The maximum atomic E-state index is 11.3. The average Bonchev–Trinajstić information content (AvgIpc) is 2.62. The molecule has 2 aliphatic rings. The van der Waals surface area contributed by atoms with Crippen molar-refractivity contribution in [2.24, 2.45) is 5.73 Å². The van der Waals surface area contributed by atoms with Gasteiger partial charge in [0.05, 0.1) is 13.2 Å². The zero-order valence-corrected chi connectivity index (χ0v) is 15.6. The van der Waals surface area contributed by atoms with Crippen molar-refractivity contribution in [3.05, 3.63) is 0 Å². The van der Waals surface area contributed by atoms with Gasteiger partial charge >= 0.3 is 0 Å². The first-order valence-corrected chi connectivity index (χ1v) is 8.93. The first-order valence-electron chi connectivity index (χ1n) is 8.93. The molecule has 0 spiro atoms. The number of rotatable bonds is 8. The van der Waals surface area contributed by atoms with Crippen LogP contribution >= 0.6 is 0 Å². The fourth-order valence-corrected chi connectivity index (χ4v) is 2.87. The number of hydrogen-bond donors (Lipinski definition) is 3. The molecule has 2 rings (SSSR count). The first kappa shape index (κ1) is 21.8. The third-order valence-corrected chi connectivity index (χ3v) is 4.35. The highest BCUT2D eigenvalue weighted by atomic mass is 16.5. The molecule has 146 valence electrons. The number of ether oxygens (including phenoxy) is 1. The molecular formula is C16H34N6O3. The van der Waals surface area contributed by atoms with Crippen molar-refractivity contribution in [1.82, 2.24) is 25.3 Å². The minimum absolute atomic E-state index is 0.484. The second-order valence-electron chi connectivity index (χ2n) is 6.34. The topological polar surface area (TPSA) is 103 Å². The molecule has 2 fully saturated rings. The summed E-state index contributed by atoms with van der Waals surface area (Å²) in [6.45, 7) is 10.1. The average molecular weight is 358 g/mol. The largest absolute Gasteiger partial charge is 0.379 e. The lowest BCUT2D eigenvalue weighted by Gasteiger charge is -2.37. The van der Waals surface area contributed by atoms with Crippen LogP contribution in [0.25, 0.3) is 0 Å². The summed E-state index contributed by atoms with van der Waals surface area (Å²) in [5.41, 5.74) is 5.28. The smallest absolute Gasteiger partial charge is 0.241 e. The summed E-state index contributed by atoms with van der Waals surface area (Å²) in [6.07, 6.45) is 0.536. The molecule has 0 radical (unpaired) electrons. The van der Waals surface area contributed by atoms with E-state index in [1.807, 2.05) is 14.1 Å². The molecule has 2 saturated heterocycles. The van der Waals surface area contributed by atoms with Gasteiger partial charge in [-0.05, 0) is 14.1 Å². The normalized spacial score (nSPS) is 21.0. The Kier molecular flexibility index (Phi) is 11.3. The minimum atomic E-state index is -0.600. The molecule has 2 amide bonds. The van der Waals surface area contributed by atoms with Crippen LogP contribution in [0.3, 0.4) is 0 Å². The van der Waals surface area contributed by atoms with E-state index < -0.39 is 11.9 Å². The summed E-state index contributed by atoms with van der Waals surface area (Å²) in [5.74, 6) is -0.484. The van der Waals surface area contributed by atoms with Crippen molar-refractivity contribution in [3.8, 4) is 0 Å². The Morgan fingerprint density at radius 1 is 1.04 bits per heavy atom. The highest BCUT2D eigenvalue weighted by Crippen LogP contribution is 2.04. The van der Waals surface area contributed by atoms with Gasteiger partial charge in [0.25, 0.3) is 0 Å². The lowest BCUT2D eigenvalue weighted by atomic mass is 10.2. The van der Waals surface area contributed by atoms with Crippen molar-refractivity contribution in [1.29, 1.82) is 0 Å². The summed E-state index contributed by atoms with van der Waals surface area (Å²) >= 11 is 0. The van der Waals surface area contributed by atoms with Gasteiger partial charge in [-0.2, -0.15) is 0 Å². The third kappa shape index (κ3) is 9.13. The van der Waals surface area contributed by atoms with Crippen molar-refractivity contribution < 1.29 is 14.3 Å². The van der Waals surface area contributed by atoms with Gasteiger partial charge in [0.15, 0.2) is 0 Å². The van der Waals surface area contributed by atoms with E-state index in [9.17, 15) is 9.59 Å². The number of carbonyl (C=O) groups is 2. The van der Waals surface area contributed by atoms with Crippen molar-refractivity contribution in [2.45, 2.75) is 6.04 Å². The maximum absolute atomic E-state index is 11.3. The van der Waals surface area contributed by atoms with Gasteiger partial charge in [0.2, 0.25) is 12.3 Å². The molecule has 0 aromatic heterocycles. The number of carbonyl (C=O) groups excluding carboxylic acids is 2. The second kappa shape index (κ2) is 13.0. The van der Waals surface area contributed by atoms with Crippen molar-refractivity contribution >= 4 is 12.3 Å². The van der Waals surface area contributed by atoms with Crippen LogP contribution in [-0.4, -0.2) is 119 Å². The number of nitrogens with one attached hydrogen (secondary N) is 2. The van der Waals surface area contributed by atoms with E-state index in [0.717, 1.165) is 65.6 Å². The number of nitrogens with two attached hydrogens (primary N) is 1. The Hall–Kier alpha value is -1.26. The van der Waals surface area contributed by atoms with Crippen LogP contribution < -0.4 is 16.4 Å². The van der Waals surface area contributed by atoms with Gasteiger partial charge in [0, 0.05) is 58.9 Å². The number of hydrogen-bond acceptors (Lipinski definition) is 7. The Morgan fingerprint density at radius 2 is 1.52 bits per heavy atom. The predicted octanol–water partition coefficient (Wildman–Crippen LogP) is -2.63. The lowest BCUT2D eigenvalue weighted by Crippen LogP contribution is -2.54. The Morgan fingerprint density at radius 3 is 2.00 bits per heavy atom. The second-order valence-corrected chi connectivity index (χ2v) is 6.34. The van der Waals surface area contributed by atoms with Crippen LogP contribution in [0.4, 0.5) is 0 Å². The third-order valence-electron chi connectivity index (χ3n) is 4.35. The van der Waals surface area contributed by atoms with Gasteiger partial charge in [-0.15, -0.1) is 0 Å². The van der Waals surface area contributed by atoms with E-state index in [2.05, 4.69) is 25.3 Å². The van der Waals surface area contributed by atoms with Gasteiger partial charge in [-0.25, -0.2) is 0 Å². The van der Waals surface area contributed by atoms with Gasteiger partial charge in [0.1, 0.15) is 6.04 Å². The quantitative estimate of drug-likeness (QED) is 0.408. The molecule has 2 aliphatic heterocycles. The molecular weight excluding hydrogens is 324 g/mol. The van der Waals surface area contributed by atoms with Gasteiger partial charge in [-0.3, -0.25) is 24.3 Å². The van der Waals surface area contributed by atoms with E-state index in [1.54, 1.807) is 0 Å². The molecule has 0 bridgehead atoms. The Labute approximate surface area is 150 Å². The number of primary amides is 1. The molecule has 0 aromatic carbocycles. The van der Waals surface area contributed by atoms with Crippen molar-refractivity contribution in [2.75, 3.05) is 86.2 Å². The Balaban J connectivity index is 0.000000970. The summed E-state index contributed by atoms with van der Waals surface area (Å²) in [4.78, 5) is 28.8. The molecule has 0 aromatic rings. The van der Waals surface area contributed by atoms with Crippen LogP contribution in [0.1, 0.15) is 0 Å². The fraction of sp³-hybridized carbons (Fsp3) is 0.875. The SMILES string of the molecule is CNC.NC(=O)C(CN1CCN(CCN2CCOCC2)CC1)NC=O. The molecule has 0 aliphatic carbocycles. The van der Waals surface area contributed by atoms with Crippen LogP contribution in [0.2, 0.25) is 0 Å². The molecule has 9 heteroatoms. The number of piperazine rings is 1. The lowest BCUT2D eigenvalue weighted by molar-refractivity contribution is -0.123. The van der Waals surface area contributed by atoms with Crippen LogP contribution in [-0.2, 0) is 14.3 Å². The van der Waals surface area contributed by atoms with Gasteiger partial charge in [-0.1, -0.05) is 0 Å². The molecule has 0 saturated carbocycles. The number of nitrogens with zero attached hydrogens (tertiary/aromatic N) is 3. The molecule has 1 atom stereocenters. The van der Waals surface area contributed by atoms with E-state index in [4.69, 9.17) is 10.5 Å². The highest BCUT2D eigenvalue weighted by molar-refractivity contribution is 5.82. The van der Waals surface area contributed by atoms with E-state index in [1.165, 1.54) is 0 Å². The summed E-state index contributed by atoms with van der Waals surface area (Å²) in [7, 11) is 3.75. The minimum Gasteiger partial charge on any atom is -0.379 e. The zero-order valence-electron chi connectivity index (χ0n) is 15.6. The fourth-order valence-electron chi connectivity index (χ4n) is 2.87. The number of morpholine rings is 1. The van der Waals surface area contributed by atoms with E-state index in [0.29, 0.717) is 13.0 Å². The van der Waals surface area contributed by atoms with E-state index in [-0.39, 0.29) is 0 Å². The van der Waals surface area contributed by atoms with Crippen LogP contribution in [0.5, 0.6) is 0 Å². The number of amides is 2.